The van der Waals surface area contributed by atoms with Crippen LogP contribution in [0, 0.1) is 0 Å². The molecular weight excluding hydrogens is 266 g/mol. The van der Waals surface area contributed by atoms with Crippen LogP contribution in [-0.4, -0.2) is 33.3 Å². The minimum atomic E-state index is 0.819. The summed E-state index contributed by atoms with van der Waals surface area (Å²) in [5.41, 5.74) is 0. The number of nitrogens with zero attached hydrogens (tertiary/aromatic N) is 4. The summed E-state index contributed by atoms with van der Waals surface area (Å²) >= 11 is 3.45. The molecule has 0 fully saturated rings. The Labute approximate surface area is 115 Å². The second-order valence-electron chi connectivity index (χ2n) is 3.80. The Morgan fingerprint density at radius 2 is 2.39 bits per heavy atom. The first-order chi connectivity index (χ1) is 8.90. The van der Waals surface area contributed by atoms with Gasteiger partial charge in [-0.2, -0.15) is 0 Å². The van der Waals surface area contributed by atoms with Crippen molar-refractivity contribution in [2.45, 2.75) is 30.8 Å². The predicted octanol–water partition coefficient (Wildman–Crippen LogP) is 2.03. The zero-order valence-corrected chi connectivity index (χ0v) is 12.0. The third-order valence-electron chi connectivity index (χ3n) is 2.35. The van der Waals surface area contributed by atoms with Gasteiger partial charge in [0.15, 0.2) is 0 Å². The molecule has 0 bridgehead atoms. The summed E-state index contributed by atoms with van der Waals surface area (Å²) < 4.78 is 1.86. The van der Waals surface area contributed by atoms with Crippen molar-refractivity contribution in [3.63, 3.8) is 0 Å². The fourth-order valence-electron chi connectivity index (χ4n) is 1.46. The third kappa shape index (κ3) is 4.08. The molecule has 0 spiro atoms. The molecule has 0 saturated carbocycles. The minimum Gasteiger partial charge on any atom is -0.315 e. The molecule has 98 valence electrons. The Kier molecular flexibility index (Phi) is 5.63. The highest BCUT2D eigenvalue weighted by Gasteiger charge is 2.06. The Balaban J connectivity index is 1.79. The molecule has 0 amide bonds. The molecule has 2 aromatic rings. The molecule has 0 aliphatic carbocycles. The molecule has 0 atom stereocenters. The van der Waals surface area contributed by atoms with Gasteiger partial charge >= 0.3 is 0 Å². The molecule has 5 nitrogen and oxygen atoms in total. The van der Waals surface area contributed by atoms with Crippen molar-refractivity contribution < 1.29 is 0 Å². The van der Waals surface area contributed by atoms with Gasteiger partial charge in [0.2, 0.25) is 5.16 Å². The number of aromatic nitrogens is 4. The molecule has 0 unspecified atom stereocenters. The van der Waals surface area contributed by atoms with E-state index in [0.717, 1.165) is 37.0 Å². The van der Waals surface area contributed by atoms with Crippen LogP contribution in [0.25, 0.3) is 0 Å². The highest BCUT2D eigenvalue weighted by molar-refractivity contribution is 7.98. The Hall–Kier alpha value is -0.920. The Morgan fingerprint density at radius 3 is 3.17 bits per heavy atom. The molecule has 1 N–H and O–H groups in total. The van der Waals surface area contributed by atoms with Gasteiger partial charge in [-0.3, -0.25) is 0 Å². The molecule has 0 aromatic carbocycles. The zero-order valence-electron chi connectivity index (χ0n) is 10.4. The van der Waals surface area contributed by atoms with Crippen molar-refractivity contribution in [2.24, 2.45) is 0 Å². The molecule has 0 radical (unpaired) electrons. The second-order valence-corrected chi connectivity index (χ2v) is 5.78. The molecule has 2 heterocycles. The van der Waals surface area contributed by atoms with Crippen LogP contribution in [0.1, 0.15) is 18.2 Å². The summed E-state index contributed by atoms with van der Waals surface area (Å²) in [5.74, 6) is 0.931. The summed E-state index contributed by atoms with van der Waals surface area (Å²) in [5, 5.41) is 18.1. The average Bonchev–Trinajstić information content (AvgIpc) is 3.03. The molecule has 0 aliphatic rings. The van der Waals surface area contributed by atoms with Crippen molar-refractivity contribution in [3.8, 4) is 0 Å². The molecular formula is C11H17N5S2. The lowest BCUT2D eigenvalue weighted by molar-refractivity contribution is 0.510. The molecule has 0 saturated heterocycles. The minimum absolute atomic E-state index is 0.819. The van der Waals surface area contributed by atoms with E-state index in [9.17, 15) is 0 Å². The van der Waals surface area contributed by atoms with Crippen molar-refractivity contribution in [1.29, 1.82) is 0 Å². The first-order valence-corrected chi connectivity index (χ1v) is 7.88. The number of hydrogen-bond donors (Lipinski definition) is 1. The van der Waals surface area contributed by atoms with E-state index < -0.39 is 0 Å². The van der Waals surface area contributed by atoms with Crippen LogP contribution in [-0.2, 0) is 12.3 Å². The van der Waals surface area contributed by atoms with Crippen LogP contribution in [0.3, 0.4) is 0 Å². The van der Waals surface area contributed by atoms with Gasteiger partial charge in [0.1, 0.15) is 0 Å². The van der Waals surface area contributed by atoms with Crippen molar-refractivity contribution in [3.05, 3.63) is 22.4 Å². The van der Waals surface area contributed by atoms with Crippen molar-refractivity contribution in [2.75, 3.05) is 13.1 Å². The lowest BCUT2D eigenvalue weighted by Crippen LogP contribution is -2.21. The van der Waals surface area contributed by atoms with Gasteiger partial charge < -0.3 is 5.32 Å². The maximum atomic E-state index is 4.06. The van der Waals surface area contributed by atoms with Gasteiger partial charge in [-0.15, -0.1) is 16.4 Å². The van der Waals surface area contributed by atoms with Gasteiger partial charge in [0.25, 0.3) is 0 Å². The second kappa shape index (κ2) is 7.50. The predicted molar refractivity (Wildman–Crippen MR) is 74.9 cm³/mol. The van der Waals surface area contributed by atoms with Crippen molar-refractivity contribution >= 4 is 23.1 Å². The number of tetrazole rings is 1. The fourth-order valence-corrected chi connectivity index (χ4v) is 3.13. The van der Waals surface area contributed by atoms with Gasteiger partial charge in [0, 0.05) is 17.2 Å². The lowest BCUT2D eigenvalue weighted by atomic mass is 10.5. The summed E-state index contributed by atoms with van der Waals surface area (Å²) in [7, 11) is 0. The largest absolute Gasteiger partial charge is 0.315 e. The van der Waals surface area contributed by atoms with Gasteiger partial charge in [-0.05, 0) is 34.8 Å². The van der Waals surface area contributed by atoms with Crippen LogP contribution < -0.4 is 5.32 Å². The molecule has 2 rings (SSSR count). The number of hydrogen-bond acceptors (Lipinski definition) is 6. The summed E-state index contributed by atoms with van der Waals surface area (Å²) in [6, 6.07) is 4.20. The smallest absolute Gasteiger partial charge is 0.209 e. The Morgan fingerprint density at radius 1 is 1.44 bits per heavy atom. The Bertz CT molecular complexity index is 440. The first kappa shape index (κ1) is 13.5. The SMILES string of the molecule is CCCNCCn1nnnc1SCc1cccs1. The zero-order chi connectivity index (χ0) is 12.6. The van der Waals surface area contributed by atoms with Crippen LogP contribution in [0.2, 0.25) is 0 Å². The van der Waals surface area contributed by atoms with E-state index in [1.54, 1.807) is 23.1 Å². The highest BCUT2D eigenvalue weighted by Crippen LogP contribution is 2.22. The number of rotatable bonds is 8. The number of thiophene rings is 1. The normalized spacial score (nSPS) is 10.9. The van der Waals surface area contributed by atoms with E-state index in [4.69, 9.17) is 0 Å². The number of thioether (sulfide) groups is 1. The molecule has 18 heavy (non-hydrogen) atoms. The summed E-state index contributed by atoms with van der Waals surface area (Å²) in [6.07, 6.45) is 1.15. The third-order valence-corrected chi connectivity index (χ3v) is 4.41. The van der Waals surface area contributed by atoms with Crippen LogP contribution in [0.5, 0.6) is 0 Å². The van der Waals surface area contributed by atoms with Crippen LogP contribution >= 0.6 is 23.1 Å². The van der Waals surface area contributed by atoms with Gasteiger partial charge in [-0.25, -0.2) is 4.68 Å². The average molecular weight is 283 g/mol. The van der Waals surface area contributed by atoms with Crippen molar-refractivity contribution in [1.82, 2.24) is 25.5 Å². The van der Waals surface area contributed by atoms with E-state index in [1.165, 1.54) is 4.88 Å². The van der Waals surface area contributed by atoms with Crippen LogP contribution in [0.4, 0.5) is 0 Å². The maximum absolute atomic E-state index is 4.06. The topological polar surface area (TPSA) is 55.6 Å². The standard InChI is InChI=1S/C11H17N5S2/c1-2-5-12-6-7-16-11(13-14-15-16)18-9-10-4-3-8-17-10/h3-4,8,12H,2,5-7,9H2,1H3. The fraction of sp³-hybridized carbons (Fsp3) is 0.545. The van der Waals surface area contributed by atoms with Gasteiger partial charge in [0.05, 0.1) is 6.54 Å². The summed E-state index contributed by atoms with van der Waals surface area (Å²) in [4.78, 5) is 1.35. The molecule has 7 heteroatoms. The molecule has 0 aliphatic heterocycles. The quantitative estimate of drug-likeness (QED) is 0.593. The monoisotopic (exact) mass is 283 g/mol. The van der Waals surface area contributed by atoms with E-state index in [0.29, 0.717) is 0 Å². The lowest BCUT2D eigenvalue weighted by Gasteiger charge is -2.04. The van der Waals surface area contributed by atoms with Crippen LogP contribution in [0.15, 0.2) is 22.7 Å². The van der Waals surface area contributed by atoms with E-state index in [-0.39, 0.29) is 0 Å². The highest BCUT2D eigenvalue weighted by atomic mass is 32.2. The number of nitrogens with one attached hydrogen (secondary N) is 1. The van der Waals surface area contributed by atoms with E-state index in [2.05, 4.69) is 45.3 Å². The van der Waals surface area contributed by atoms with E-state index >= 15 is 0 Å². The molecule has 2 aromatic heterocycles. The summed E-state index contributed by atoms with van der Waals surface area (Å²) in [6.45, 7) is 4.93. The first-order valence-electron chi connectivity index (χ1n) is 6.02. The maximum Gasteiger partial charge on any atom is 0.209 e. The van der Waals surface area contributed by atoms with Gasteiger partial charge in [-0.1, -0.05) is 24.8 Å². The van der Waals surface area contributed by atoms with E-state index in [1.807, 2.05) is 4.68 Å².